The van der Waals surface area contributed by atoms with Crippen molar-refractivity contribution >= 4 is 6.47 Å². The minimum absolute atomic E-state index is 0.250. The second-order valence-electron chi connectivity index (χ2n) is 10.3. The summed E-state index contributed by atoms with van der Waals surface area (Å²) in [4.78, 5) is 8.36. The van der Waals surface area contributed by atoms with E-state index in [0.29, 0.717) is 0 Å². The summed E-state index contributed by atoms with van der Waals surface area (Å²) >= 11 is 0. The van der Waals surface area contributed by atoms with Gasteiger partial charge in [-0.05, 0) is 38.5 Å². The third-order valence-electron chi connectivity index (χ3n) is 6.90. The van der Waals surface area contributed by atoms with Gasteiger partial charge in [-0.15, -0.1) is 0 Å². The average Bonchev–Trinajstić information content (AvgIpc) is 2.78. The van der Waals surface area contributed by atoms with Crippen LogP contribution < -0.4 is 0 Å². The zero-order valence-corrected chi connectivity index (χ0v) is 22.9. The Hall–Kier alpha value is -0.570. The van der Waals surface area contributed by atoms with E-state index in [4.69, 9.17) is 9.90 Å². The minimum atomic E-state index is -0.250. The van der Waals surface area contributed by atoms with E-state index in [1.54, 1.807) is 0 Å². The van der Waals surface area contributed by atoms with E-state index in [-0.39, 0.29) is 6.47 Å². The summed E-state index contributed by atoms with van der Waals surface area (Å²) in [7, 11) is 2.57. The first-order valence-electron chi connectivity index (χ1n) is 14.5. The SMILES string of the molecule is CCCCCCCCC[N+](C)(CCCCCCCCC)CCCCCCCCC.O=CO. The van der Waals surface area contributed by atoms with Crippen LogP contribution >= 0.6 is 0 Å². The van der Waals surface area contributed by atoms with Gasteiger partial charge in [-0.2, -0.15) is 0 Å². The number of nitrogens with zero attached hydrogens (tertiary/aromatic N) is 1. The van der Waals surface area contributed by atoms with Gasteiger partial charge in [-0.25, -0.2) is 0 Å². The van der Waals surface area contributed by atoms with Crippen LogP contribution in [-0.4, -0.2) is 42.7 Å². The van der Waals surface area contributed by atoms with Crippen LogP contribution in [0.4, 0.5) is 0 Å². The highest BCUT2D eigenvalue weighted by molar-refractivity contribution is 5.32. The number of hydrogen-bond acceptors (Lipinski definition) is 1. The molecule has 0 aromatic heterocycles. The Balaban J connectivity index is 0. The second-order valence-corrected chi connectivity index (χ2v) is 10.3. The Labute approximate surface area is 203 Å². The average molecular weight is 457 g/mol. The topological polar surface area (TPSA) is 37.3 Å². The molecule has 0 saturated carbocycles. The molecule has 0 bridgehead atoms. The Bertz CT molecular complexity index is 300. The smallest absolute Gasteiger partial charge is 0.290 e. The van der Waals surface area contributed by atoms with Crippen LogP contribution in [0.5, 0.6) is 0 Å². The predicted molar refractivity (Wildman–Crippen MR) is 143 cm³/mol. The lowest BCUT2D eigenvalue weighted by atomic mass is 10.1. The highest BCUT2D eigenvalue weighted by atomic mass is 16.3. The highest BCUT2D eigenvalue weighted by Gasteiger charge is 2.20. The Morgan fingerprint density at radius 3 is 0.875 bits per heavy atom. The van der Waals surface area contributed by atoms with Crippen molar-refractivity contribution in [2.75, 3.05) is 26.7 Å². The fourth-order valence-electron chi connectivity index (χ4n) is 4.69. The third-order valence-corrected chi connectivity index (χ3v) is 6.90. The number of rotatable bonds is 24. The summed E-state index contributed by atoms with van der Waals surface area (Å²) in [5.41, 5.74) is 0. The molecule has 0 atom stereocenters. The van der Waals surface area contributed by atoms with E-state index in [0.717, 1.165) is 0 Å². The predicted octanol–water partition coefficient (Wildman–Crippen LogP) is 9.39. The van der Waals surface area contributed by atoms with Gasteiger partial charge in [0.05, 0.1) is 26.7 Å². The van der Waals surface area contributed by atoms with Gasteiger partial charge in [0.25, 0.3) is 6.47 Å². The zero-order valence-electron chi connectivity index (χ0n) is 22.9. The molecular weight excluding hydrogens is 394 g/mol. The first kappa shape index (κ1) is 33.6. The summed E-state index contributed by atoms with van der Waals surface area (Å²) in [6.07, 6.45) is 30.3. The summed E-state index contributed by atoms with van der Waals surface area (Å²) in [5, 5.41) is 6.89. The largest absolute Gasteiger partial charge is 0.483 e. The minimum Gasteiger partial charge on any atom is -0.483 e. The first-order valence-corrected chi connectivity index (χ1v) is 14.5. The fourth-order valence-corrected chi connectivity index (χ4v) is 4.69. The normalized spacial score (nSPS) is 11.2. The monoisotopic (exact) mass is 456 g/mol. The van der Waals surface area contributed by atoms with Crippen LogP contribution in [0.3, 0.4) is 0 Å². The van der Waals surface area contributed by atoms with E-state index in [9.17, 15) is 0 Å². The molecule has 0 amide bonds. The molecule has 3 heteroatoms. The molecule has 0 aromatic carbocycles. The molecule has 0 radical (unpaired) electrons. The summed E-state index contributed by atoms with van der Waals surface area (Å²) < 4.78 is 1.36. The van der Waals surface area contributed by atoms with E-state index in [1.165, 1.54) is 159 Å². The molecule has 0 aliphatic heterocycles. The molecule has 3 nitrogen and oxygen atoms in total. The van der Waals surface area contributed by atoms with Crippen molar-refractivity contribution in [3.63, 3.8) is 0 Å². The lowest BCUT2D eigenvalue weighted by Crippen LogP contribution is -2.46. The van der Waals surface area contributed by atoms with Crippen molar-refractivity contribution < 1.29 is 14.4 Å². The number of carboxylic acid groups (broad SMARTS) is 1. The number of quaternary nitrogens is 1. The third kappa shape index (κ3) is 27.5. The summed E-state index contributed by atoms with van der Waals surface area (Å²) in [6, 6.07) is 0. The van der Waals surface area contributed by atoms with Crippen LogP contribution in [0.25, 0.3) is 0 Å². The number of hydrogen-bond donors (Lipinski definition) is 1. The summed E-state index contributed by atoms with van der Waals surface area (Å²) in [6.45, 7) is 11.0. The van der Waals surface area contributed by atoms with Crippen molar-refractivity contribution in [1.29, 1.82) is 0 Å². The van der Waals surface area contributed by atoms with Crippen LogP contribution in [-0.2, 0) is 4.79 Å². The molecule has 0 aromatic rings. The molecule has 0 rings (SSSR count). The Morgan fingerprint density at radius 2 is 0.656 bits per heavy atom. The van der Waals surface area contributed by atoms with Gasteiger partial charge >= 0.3 is 0 Å². The van der Waals surface area contributed by atoms with Gasteiger partial charge in [-0.3, -0.25) is 4.79 Å². The number of unbranched alkanes of at least 4 members (excludes halogenated alkanes) is 18. The summed E-state index contributed by atoms with van der Waals surface area (Å²) in [5.74, 6) is 0. The molecule has 0 unspecified atom stereocenters. The molecule has 1 N–H and O–H groups in total. The molecule has 194 valence electrons. The Morgan fingerprint density at radius 1 is 0.469 bits per heavy atom. The second kappa shape index (κ2) is 28.5. The fraction of sp³-hybridized carbons (Fsp3) is 0.966. The van der Waals surface area contributed by atoms with Gasteiger partial charge in [-0.1, -0.05) is 117 Å². The van der Waals surface area contributed by atoms with Gasteiger partial charge in [0, 0.05) is 0 Å². The van der Waals surface area contributed by atoms with Crippen LogP contribution in [0.2, 0.25) is 0 Å². The molecule has 0 spiro atoms. The van der Waals surface area contributed by atoms with E-state index in [2.05, 4.69) is 27.8 Å². The first-order chi connectivity index (χ1) is 15.6. The standard InChI is InChI=1S/C28H60N.CH2O2/c1-5-8-11-14-17-20-23-26-29(4,27-24-21-18-15-12-9-6-2)28-25-22-19-16-13-10-7-3;2-1-3/h5-28H2,1-4H3;1H,(H,2,3)/q+1;. The molecule has 0 saturated heterocycles. The molecule has 0 fully saturated rings. The molecule has 0 aliphatic carbocycles. The van der Waals surface area contributed by atoms with Gasteiger partial charge < -0.3 is 9.59 Å². The van der Waals surface area contributed by atoms with Crippen molar-refractivity contribution in [1.82, 2.24) is 0 Å². The lowest BCUT2D eigenvalue weighted by Gasteiger charge is -2.35. The van der Waals surface area contributed by atoms with Gasteiger partial charge in [0.2, 0.25) is 0 Å². The van der Waals surface area contributed by atoms with E-state index < -0.39 is 0 Å². The Kier molecular flexibility index (Phi) is 29.9. The quantitative estimate of drug-likeness (QED) is 0.0892. The van der Waals surface area contributed by atoms with Crippen LogP contribution in [0.15, 0.2) is 0 Å². The lowest BCUT2D eigenvalue weighted by molar-refractivity contribution is -0.910. The molecule has 32 heavy (non-hydrogen) atoms. The van der Waals surface area contributed by atoms with Crippen molar-refractivity contribution in [2.24, 2.45) is 0 Å². The highest BCUT2D eigenvalue weighted by Crippen LogP contribution is 2.16. The van der Waals surface area contributed by atoms with Crippen LogP contribution in [0, 0.1) is 0 Å². The molecular formula is C29H62NO2+. The molecule has 0 heterocycles. The van der Waals surface area contributed by atoms with Crippen molar-refractivity contribution in [2.45, 2.75) is 156 Å². The van der Waals surface area contributed by atoms with E-state index >= 15 is 0 Å². The maximum Gasteiger partial charge on any atom is 0.290 e. The van der Waals surface area contributed by atoms with Crippen molar-refractivity contribution in [3.8, 4) is 0 Å². The van der Waals surface area contributed by atoms with E-state index in [1.807, 2.05) is 0 Å². The van der Waals surface area contributed by atoms with Crippen molar-refractivity contribution in [3.05, 3.63) is 0 Å². The van der Waals surface area contributed by atoms with Crippen LogP contribution in [0.1, 0.15) is 156 Å². The maximum absolute atomic E-state index is 8.36. The zero-order chi connectivity index (χ0) is 24.2. The van der Waals surface area contributed by atoms with Gasteiger partial charge in [0.1, 0.15) is 0 Å². The molecule has 0 aliphatic rings. The maximum atomic E-state index is 8.36. The number of carbonyl (C=O) groups is 1. The van der Waals surface area contributed by atoms with Gasteiger partial charge in [0.15, 0.2) is 0 Å².